The van der Waals surface area contributed by atoms with Crippen LogP contribution in [0.5, 0.6) is 0 Å². The molecule has 0 spiro atoms. The zero-order valence-electron chi connectivity index (χ0n) is 11.3. The van der Waals surface area contributed by atoms with Crippen LogP contribution >= 0.6 is 0 Å². The van der Waals surface area contributed by atoms with Gasteiger partial charge in [-0.1, -0.05) is 12.8 Å². The molecule has 6 heteroatoms. The van der Waals surface area contributed by atoms with Crippen molar-refractivity contribution in [3.05, 3.63) is 24.0 Å². The van der Waals surface area contributed by atoms with Crippen LogP contribution in [0.1, 0.15) is 31.4 Å². The van der Waals surface area contributed by atoms with Crippen LogP contribution in [0.2, 0.25) is 0 Å². The van der Waals surface area contributed by atoms with E-state index >= 15 is 0 Å². The summed E-state index contributed by atoms with van der Waals surface area (Å²) in [6.07, 6.45) is 5.48. The van der Waals surface area contributed by atoms with Gasteiger partial charge < -0.3 is 15.7 Å². The fraction of sp³-hybridized carbons (Fsp3) is 0.500. The Morgan fingerprint density at radius 1 is 1.35 bits per heavy atom. The van der Waals surface area contributed by atoms with E-state index in [1.807, 2.05) is 0 Å². The lowest BCUT2D eigenvalue weighted by molar-refractivity contribution is -0.145. The number of hydrogen-bond donors (Lipinski definition) is 2. The maximum absolute atomic E-state index is 12.3. The summed E-state index contributed by atoms with van der Waals surface area (Å²) in [6, 6.07) is 3.43. The lowest BCUT2D eigenvalue weighted by Gasteiger charge is -2.27. The monoisotopic (exact) mass is 277 g/mol. The molecule has 0 bridgehead atoms. The second kappa shape index (κ2) is 6.36. The molecule has 1 fully saturated rings. The number of nitrogens with zero attached hydrogens (tertiary/aromatic N) is 2. The summed E-state index contributed by atoms with van der Waals surface area (Å²) in [5.41, 5.74) is 6.70. The number of aromatic nitrogens is 1. The molecule has 0 saturated heterocycles. The number of carboxylic acid groups (broad SMARTS) is 1. The van der Waals surface area contributed by atoms with Gasteiger partial charge in [-0.05, 0) is 25.0 Å². The van der Waals surface area contributed by atoms with Crippen LogP contribution < -0.4 is 5.73 Å². The van der Waals surface area contributed by atoms with Crippen molar-refractivity contribution in [2.24, 2.45) is 0 Å². The summed E-state index contributed by atoms with van der Waals surface area (Å²) in [6.45, 7) is -0.238. The maximum Gasteiger partial charge on any atom is 0.323 e. The third-order valence-electron chi connectivity index (χ3n) is 3.57. The van der Waals surface area contributed by atoms with Crippen molar-refractivity contribution < 1.29 is 14.7 Å². The van der Waals surface area contributed by atoms with E-state index in [1.54, 1.807) is 12.1 Å². The van der Waals surface area contributed by atoms with E-state index in [0.717, 1.165) is 25.7 Å². The van der Waals surface area contributed by atoms with Crippen molar-refractivity contribution in [3.8, 4) is 0 Å². The Labute approximate surface area is 117 Å². The molecular formula is C14H19N3O3. The van der Waals surface area contributed by atoms with Gasteiger partial charge in [0, 0.05) is 11.7 Å². The third-order valence-corrected chi connectivity index (χ3v) is 3.57. The van der Waals surface area contributed by atoms with Crippen LogP contribution in [0.3, 0.4) is 0 Å². The number of carbonyl (C=O) groups is 2. The lowest BCUT2D eigenvalue weighted by Crippen LogP contribution is -2.43. The number of amides is 1. The fourth-order valence-corrected chi connectivity index (χ4v) is 2.58. The Balaban J connectivity index is 2.05. The Bertz CT molecular complexity index is 481. The zero-order valence-corrected chi connectivity index (χ0v) is 11.3. The summed E-state index contributed by atoms with van der Waals surface area (Å²) in [5.74, 6) is -1.16. The number of aliphatic carboxylic acids is 1. The van der Waals surface area contributed by atoms with Gasteiger partial charge in [0.25, 0.3) is 0 Å². The van der Waals surface area contributed by atoms with Crippen molar-refractivity contribution in [1.82, 2.24) is 9.88 Å². The number of hydrogen-bond acceptors (Lipinski definition) is 4. The van der Waals surface area contributed by atoms with E-state index in [0.29, 0.717) is 11.4 Å². The van der Waals surface area contributed by atoms with Crippen LogP contribution in [0, 0.1) is 0 Å². The molecule has 2 rings (SSSR count). The Morgan fingerprint density at radius 3 is 2.60 bits per heavy atom. The number of nitrogens with two attached hydrogens (primary N) is 1. The van der Waals surface area contributed by atoms with E-state index in [2.05, 4.69) is 4.98 Å². The molecule has 1 aromatic heterocycles. The second-order valence-corrected chi connectivity index (χ2v) is 5.11. The molecule has 0 unspecified atom stereocenters. The van der Waals surface area contributed by atoms with Gasteiger partial charge in [0.1, 0.15) is 6.54 Å². The molecule has 0 aliphatic heterocycles. The van der Waals surface area contributed by atoms with E-state index in [4.69, 9.17) is 10.8 Å². The number of carboxylic acids is 1. The molecule has 1 aromatic rings. The molecular weight excluding hydrogens is 258 g/mol. The molecule has 0 atom stereocenters. The summed E-state index contributed by atoms with van der Waals surface area (Å²) in [5, 5.41) is 8.97. The normalized spacial score (nSPS) is 15.2. The zero-order chi connectivity index (χ0) is 14.5. The van der Waals surface area contributed by atoms with Gasteiger partial charge in [-0.2, -0.15) is 0 Å². The summed E-state index contributed by atoms with van der Waals surface area (Å²) >= 11 is 0. The second-order valence-electron chi connectivity index (χ2n) is 5.11. The van der Waals surface area contributed by atoms with Gasteiger partial charge in [0.05, 0.1) is 18.3 Å². The smallest absolute Gasteiger partial charge is 0.323 e. The van der Waals surface area contributed by atoms with Gasteiger partial charge in [-0.15, -0.1) is 0 Å². The van der Waals surface area contributed by atoms with Crippen molar-refractivity contribution >= 4 is 17.6 Å². The highest BCUT2D eigenvalue weighted by atomic mass is 16.4. The van der Waals surface area contributed by atoms with Gasteiger partial charge in [0.15, 0.2) is 0 Å². The molecule has 0 aromatic carbocycles. The van der Waals surface area contributed by atoms with Crippen LogP contribution in [0.25, 0.3) is 0 Å². The molecule has 0 radical (unpaired) electrons. The molecule has 1 heterocycles. The Morgan fingerprint density at radius 2 is 2.05 bits per heavy atom. The van der Waals surface area contributed by atoms with Crippen molar-refractivity contribution in [2.45, 2.75) is 38.1 Å². The van der Waals surface area contributed by atoms with E-state index in [-0.39, 0.29) is 24.9 Å². The van der Waals surface area contributed by atoms with Crippen molar-refractivity contribution in [1.29, 1.82) is 0 Å². The van der Waals surface area contributed by atoms with Crippen molar-refractivity contribution in [2.75, 3.05) is 12.3 Å². The maximum atomic E-state index is 12.3. The van der Waals surface area contributed by atoms with Crippen LogP contribution in [-0.2, 0) is 16.0 Å². The molecule has 1 saturated carbocycles. The summed E-state index contributed by atoms with van der Waals surface area (Å²) in [7, 11) is 0. The lowest BCUT2D eigenvalue weighted by atomic mass is 10.1. The highest BCUT2D eigenvalue weighted by molar-refractivity contribution is 5.83. The first-order chi connectivity index (χ1) is 9.56. The van der Waals surface area contributed by atoms with Crippen LogP contribution in [-0.4, -0.2) is 39.5 Å². The van der Waals surface area contributed by atoms with E-state index in [9.17, 15) is 9.59 Å². The van der Waals surface area contributed by atoms with E-state index in [1.165, 1.54) is 11.1 Å². The first kappa shape index (κ1) is 14.3. The number of anilines is 1. The predicted octanol–water partition coefficient (Wildman–Crippen LogP) is 1.06. The predicted molar refractivity (Wildman–Crippen MR) is 74.0 cm³/mol. The van der Waals surface area contributed by atoms with Crippen LogP contribution in [0.15, 0.2) is 18.3 Å². The Kier molecular flexibility index (Phi) is 4.55. The van der Waals surface area contributed by atoms with Crippen LogP contribution in [0.4, 0.5) is 5.69 Å². The molecule has 1 aliphatic carbocycles. The van der Waals surface area contributed by atoms with E-state index < -0.39 is 5.97 Å². The highest BCUT2D eigenvalue weighted by Crippen LogP contribution is 2.24. The van der Waals surface area contributed by atoms with Crippen molar-refractivity contribution in [3.63, 3.8) is 0 Å². The minimum absolute atomic E-state index is 0.0485. The molecule has 1 amide bonds. The number of carbonyl (C=O) groups excluding carboxylic acids is 1. The third kappa shape index (κ3) is 3.69. The fourth-order valence-electron chi connectivity index (χ4n) is 2.58. The summed E-state index contributed by atoms with van der Waals surface area (Å²) < 4.78 is 0. The number of nitrogen functional groups attached to an aromatic ring is 1. The molecule has 3 N–H and O–H groups in total. The van der Waals surface area contributed by atoms with Gasteiger partial charge in [-0.3, -0.25) is 14.6 Å². The molecule has 108 valence electrons. The summed E-state index contributed by atoms with van der Waals surface area (Å²) in [4.78, 5) is 28.8. The quantitative estimate of drug-likeness (QED) is 0.839. The average Bonchev–Trinajstić information content (AvgIpc) is 2.92. The SMILES string of the molecule is Nc1ccc(CC(=O)N(CC(=O)O)C2CCCC2)nc1. The minimum atomic E-state index is -0.976. The number of pyridine rings is 1. The average molecular weight is 277 g/mol. The van der Waals surface area contributed by atoms with Gasteiger partial charge in [0.2, 0.25) is 5.91 Å². The van der Waals surface area contributed by atoms with Gasteiger partial charge in [-0.25, -0.2) is 0 Å². The topological polar surface area (TPSA) is 96.5 Å². The standard InChI is InChI=1S/C14H19N3O3/c15-10-5-6-11(16-8-10)7-13(18)17(9-14(19)20)12-3-1-2-4-12/h5-6,8,12H,1-4,7,9,15H2,(H,19,20). The van der Waals surface area contributed by atoms with Gasteiger partial charge >= 0.3 is 5.97 Å². The highest BCUT2D eigenvalue weighted by Gasteiger charge is 2.28. The molecule has 6 nitrogen and oxygen atoms in total. The first-order valence-corrected chi connectivity index (χ1v) is 6.78. The number of rotatable bonds is 5. The largest absolute Gasteiger partial charge is 0.480 e. The first-order valence-electron chi connectivity index (χ1n) is 6.78. The molecule has 1 aliphatic rings. The molecule has 20 heavy (non-hydrogen) atoms. The Hall–Kier alpha value is -2.11. The minimum Gasteiger partial charge on any atom is -0.480 e.